The van der Waals surface area contributed by atoms with Crippen molar-refractivity contribution in [1.82, 2.24) is 15.1 Å². The number of halogens is 2. The van der Waals surface area contributed by atoms with E-state index >= 15 is 0 Å². The second-order valence-electron chi connectivity index (χ2n) is 5.90. The first-order valence-corrected chi connectivity index (χ1v) is 9.05. The van der Waals surface area contributed by atoms with Gasteiger partial charge in [-0.3, -0.25) is 9.48 Å². The zero-order chi connectivity index (χ0) is 18.6. The number of aryl methyl sites for hydroxylation is 2. The van der Waals surface area contributed by atoms with Gasteiger partial charge in [0.25, 0.3) is 0 Å². The molecule has 0 radical (unpaired) electrons. The molecule has 0 aliphatic heterocycles. The van der Waals surface area contributed by atoms with Crippen LogP contribution >= 0.6 is 23.2 Å². The third-order valence-electron chi connectivity index (χ3n) is 4.13. The van der Waals surface area contributed by atoms with E-state index in [0.717, 1.165) is 29.8 Å². The van der Waals surface area contributed by atoms with E-state index < -0.39 is 6.10 Å². The van der Waals surface area contributed by atoms with Crippen LogP contribution in [0.5, 0.6) is 0 Å². The lowest BCUT2D eigenvalue weighted by atomic mass is 10.1. The van der Waals surface area contributed by atoms with E-state index in [1.54, 1.807) is 18.2 Å². The number of aliphatic hydroxyl groups excluding tert-OH is 1. The predicted molar refractivity (Wildman–Crippen MR) is 100 cm³/mol. The first-order valence-electron chi connectivity index (χ1n) is 8.30. The van der Waals surface area contributed by atoms with Crippen LogP contribution in [0.4, 0.5) is 0 Å². The van der Waals surface area contributed by atoms with E-state index in [-0.39, 0.29) is 18.9 Å². The van der Waals surface area contributed by atoms with E-state index in [9.17, 15) is 9.90 Å². The number of hydrogen-bond acceptors (Lipinski definition) is 3. The van der Waals surface area contributed by atoms with Crippen molar-refractivity contribution in [3.05, 3.63) is 50.8 Å². The highest BCUT2D eigenvalue weighted by molar-refractivity contribution is 6.34. The number of aromatic nitrogens is 2. The fraction of sp³-hybridized carbons (Fsp3) is 0.444. The van der Waals surface area contributed by atoms with Gasteiger partial charge < -0.3 is 10.4 Å². The number of nitrogens with one attached hydrogen (secondary N) is 1. The molecule has 0 bridgehead atoms. The van der Waals surface area contributed by atoms with Crippen molar-refractivity contribution in [1.29, 1.82) is 0 Å². The van der Waals surface area contributed by atoms with E-state index in [2.05, 4.69) is 10.4 Å². The number of amides is 1. The van der Waals surface area contributed by atoms with Gasteiger partial charge in [0.2, 0.25) is 5.91 Å². The van der Waals surface area contributed by atoms with Crippen molar-refractivity contribution in [2.45, 2.75) is 39.2 Å². The van der Waals surface area contributed by atoms with Crippen LogP contribution < -0.4 is 5.32 Å². The zero-order valence-electron chi connectivity index (χ0n) is 14.6. The van der Waals surface area contributed by atoms with E-state index in [1.807, 2.05) is 25.6 Å². The monoisotopic (exact) mass is 383 g/mol. The van der Waals surface area contributed by atoms with Crippen molar-refractivity contribution < 1.29 is 9.90 Å². The van der Waals surface area contributed by atoms with Gasteiger partial charge >= 0.3 is 0 Å². The Morgan fingerprint density at radius 3 is 2.44 bits per heavy atom. The SMILES string of the molecule is CCc1nn(C)c(CC)c1CC(=O)NC[C@@H](O)c1cc(Cl)cc(Cl)c1. The van der Waals surface area contributed by atoms with Gasteiger partial charge in [-0.1, -0.05) is 37.0 Å². The third-order valence-corrected chi connectivity index (χ3v) is 4.56. The second kappa shape index (κ2) is 8.70. The molecule has 0 spiro atoms. The molecule has 2 rings (SSSR count). The van der Waals surface area contributed by atoms with Crippen molar-refractivity contribution in [3.63, 3.8) is 0 Å². The Bertz CT molecular complexity index is 739. The molecule has 1 atom stereocenters. The van der Waals surface area contributed by atoms with Gasteiger partial charge in [0.05, 0.1) is 18.2 Å². The number of carbonyl (C=O) groups excluding carboxylic acids is 1. The summed E-state index contributed by atoms with van der Waals surface area (Å²) in [5, 5.41) is 18.4. The van der Waals surface area contributed by atoms with Crippen LogP contribution in [0, 0.1) is 0 Å². The Morgan fingerprint density at radius 2 is 1.88 bits per heavy atom. The molecule has 2 N–H and O–H groups in total. The average Bonchev–Trinajstić information content (AvgIpc) is 2.86. The number of benzene rings is 1. The lowest BCUT2D eigenvalue weighted by molar-refractivity contribution is -0.120. The molecule has 136 valence electrons. The molecular formula is C18H23Cl2N3O2. The minimum atomic E-state index is -0.870. The maximum atomic E-state index is 12.3. The smallest absolute Gasteiger partial charge is 0.224 e. The lowest BCUT2D eigenvalue weighted by Gasteiger charge is -2.13. The Labute approximate surface area is 157 Å². The van der Waals surface area contributed by atoms with Crippen LogP contribution in [0.15, 0.2) is 18.2 Å². The minimum absolute atomic E-state index is 0.0959. The molecule has 5 nitrogen and oxygen atoms in total. The summed E-state index contributed by atoms with van der Waals surface area (Å²) >= 11 is 11.9. The van der Waals surface area contributed by atoms with E-state index in [1.165, 1.54) is 0 Å². The minimum Gasteiger partial charge on any atom is -0.387 e. The zero-order valence-corrected chi connectivity index (χ0v) is 16.2. The van der Waals surface area contributed by atoms with Crippen molar-refractivity contribution in [2.75, 3.05) is 6.54 Å². The molecule has 0 aliphatic rings. The highest BCUT2D eigenvalue weighted by atomic mass is 35.5. The Hall–Kier alpha value is -1.56. The summed E-state index contributed by atoms with van der Waals surface area (Å²) < 4.78 is 1.84. The fourth-order valence-electron chi connectivity index (χ4n) is 2.91. The summed E-state index contributed by atoms with van der Waals surface area (Å²) in [7, 11) is 1.89. The molecule has 0 saturated heterocycles. The van der Waals surface area contributed by atoms with Gasteiger partial charge in [-0.15, -0.1) is 0 Å². The van der Waals surface area contributed by atoms with Gasteiger partial charge in [0.1, 0.15) is 0 Å². The Morgan fingerprint density at radius 1 is 1.24 bits per heavy atom. The Kier molecular flexibility index (Phi) is 6.87. The molecule has 0 unspecified atom stereocenters. The molecule has 1 heterocycles. The van der Waals surface area contributed by atoms with Gasteiger partial charge in [0.15, 0.2) is 0 Å². The highest BCUT2D eigenvalue weighted by Gasteiger charge is 2.18. The van der Waals surface area contributed by atoms with Crippen LogP contribution in [0.2, 0.25) is 10.0 Å². The van der Waals surface area contributed by atoms with Crippen molar-refractivity contribution in [3.8, 4) is 0 Å². The molecule has 1 amide bonds. The molecule has 0 saturated carbocycles. The maximum absolute atomic E-state index is 12.3. The molecule has 0 fully saturated rings. The lowest BCUT2D eigenvalue weighted by Crippen LogP contribution is -2.30. The topological polar surface area (TPSA) is 67.2 Å². The summed E-state index contributed by atoms with van der Waals surface area (Å²) in [6, 6.07) is 4.87. The van der Waals surface area contributed by atoms with Crippen LogP contribution in [0.25, 0.3) is 0 Å². The fourth-order valence-corrected chi connectivity index (χ4v) is 3.46. The van der Waals surface area contributed by atoms with Gasteiger partial charge in [-0.25, -0.2) is 0 Å². The standard InChI is InChI=1S/C18H23Cl2N3O2/c1-4-15-14(16(5-2)23(3)22-15)9-18(25)21-10-17(24)11-6-12(19)8-13(20)7-11/h6-8,17,24H,4-5,9-10H2,1-3H3,(H,21,25)/t17-/m1/s1. The molecule has 7 heteroatoms. The van der Waals surface area contributed by atoms with Crippen LogP contribution in [-0.2, 0) is 31.1 Å². The molecule has 1 aromatic carbocycles. The molecule has 0 aliphatic carbocycles. The number of hydrogen-bond donors (Lipinski definition) is 2. The van der Waals surface area contributed by atoms with Gasteiger partial charge in [-0.05, 0) is 36.6 Å². The molecule has 1 aromatic heterocycles. The maximum Gasteiger partial charge on any atom is 0.224 e. The number of nitrogens with zero attached hydrogens (tertiary/aromatic N) is 2. The van der Waals surface area contributed by atoms with Gasteiger partial charge in [0, 0.05) is 34.9 Å². The van der Waals surface area contributed by atoms with E-state index in [0.29, 0.717) is 15.6 Å². The second-order valence-corrected chi connectivity index (χ2v) is 6.77. The van der Waals surface area contributed by atoms with Crippen LogP contribution in [0.1, 0.15) is 42.5 Å². The van der Waals surface area contributed by atoms with Crippen LogP contribution in [0.3, 0.4) is 0 Å². The predicted octanol–water partition coefficient (Wildman–Crippen LogP) is 3.24. The van der Waals surface area contributed by atoms with Gasteiger partial charge in [-0.2, -0.15) is 5.10 Å². The van der Waals surface area contributed by atoms with Crippen molar-refractivity contribution >= 4 is 29.1 Å². The summed E-state index contributed by atoms with van der Waals surface area (Å²) in [5.41, 5.74) is 3.55. The first kappa shape index (κ1) is 19.8. The van der Waals surface area contributed by atoms with Crippen LogP contribution in [-0.4, -0.2) is 27.3 Å². The Balaban J connectivity index is 2.01. The normalized spacial score (nSPS) is 12.2. The average molecular weight is 384 g/mol. The first-order chi connectivity index (χ1) is 11.8. The molecular weight excluding hydrogens is 361 g/mol. The number of carbonyl (C=O) groups is 1. The van der Waals surface area contributed by atoms with E-state index in [4.69, 9.17) is 23.2 Å². The quantitative estimate of drug-likeness (QED) is 0.770. The number of rotatable bonds is 7. The summed E-state index contributed by atoms with van der Waals surface area (Å²) in [5.74, 6) is -0.149. The number of aliphatic hydroxyl groups is 1. The third kappa shape index (κ3) is 4.97. The highest BCUT2D eigenvalue weighted by Crippen LogP contribution is 2.23. The molecule has 25 heavy (non-hydrogen) atoms. The van der Waals surface area contributed by atoms with Crippen molar-refractivity contribution in [2.24, 2.45) is 7.05 Å². The summed E-state index contributed by atoms with van der Waals surface area (Å²) in [4.78, 5) is 12.3. The molecule has 2 aromatic rings. The summed E-state index contributed by atoms with van der Waals surface area (Å²) in [6.07, 6.45) is 0.976. The largest absolute Gasteiger partial charge is 0.387 e. The summed E-state index contributed by atoms with van der Waals surface area (Å²) in [6.45, 7) is 4.17.